The van der Waals surface area contributed by atoms with Crippen LogP contribution >= 0.6 is 0 Å². The number of ether oxygens (including phenoxy) is 2. The van der Waals surface area contributed by atoms with E-state index in [1.807, 2.05) is 12.4 Å². The maximum atomic E-state index is 5.96. The van der Waals surface area contributed by atoms with Crippen LogP contribution < -0.4 is 11.3 Å². The van der Waals surface area contributed by atoms with Crippen molar-refractivity contribution < 1.29 is 9.47 Å². The standard InChI is InChI=1S/C13H20N4O2/c14-17-12(11-6-15-9-16-7-11)10-1-3-19-13(5-10)2-4-18-8-13/h6-7,9-10,12,17H,1-5,8,14H2. The fourth-order valence-electron chi connectivity index (χ4n) is 3.19. The zero-order valence-corrected chi connectivity index (χ0v) is 10.9. The van der Waals surface area contributed by atoms with Gasteiger partial charge < -0.3 is 9.47 Å². The normalized spacial score (nSPS) is 32.6. The number of hydrogen-bond donors (Lipinski definition) is 2. The van der Waals surface area contributed by atoms with Gasteiger partial charge in [-0.1, -0.05) is 0 Å². The zero-order valence-electron chi connectivity index (χ0n) is 10.9. The molecular formula is C13H20N4O2. The van der Waals surface area contributed by atoms with Crippen molar-refractivity contribution in [2.45, 2.75) is 30.9 Å². The van der Waals surface area contributed by atoms with E-state index in [1.165, 1.54) is 6.33 Å². The van der Waals surface area contributed by atoms with Crippen molar-refractivity contribution in [2.75, 3.05) is 19.8 Å². The van der Waals surface area contributed by atoms with E-state index in [1.54, 1.807) is 0 Å². The lowest BCUT2D eigenvalue weighted by atomic mass is 9.79. The average molecular weight is 264 g/mol. The molecule has 104 valence electrons. The summed E-state index contributed by atoms with van der Waals surface area (Å²) in [4.78, 5) is 8.15. The van der Waals surface area contributed by atoms with Crippen molar-refractivity contribution in [3.63, 3.8) is 0 Å². The average Bonchev–Trinajstić information content (AvgIpc) is 2.89. The Bertz CT molecular complexity index is 408. The summed E-state index contributed by atoms with van der Waals surface area (Å²) in [5.74, 6) is 6.17. The highest BCUT2D eigenvalue weighted by Gasteiger charge is 2.43. The van der Waals surface area contributed by atoms with Crippen LogP contribution in [-0.4, -0.2) is 35.4 Å². The Balaban J connectivity index is 1.76. The van der Waals surface area contributed by atoms with Crippen molar-refractivity contribution in [1.29, 1.82) is 0 Å². The number of hydrogen-bond acceptors (Lipinski definition) is 6. The lowest BCUT2D eigenvalue weighted by Crippen LogP contribution is -2.45. The molecule has 3 atom stereocenters. The minimum Gasteiger partial charge on any atom is -0.378 e. The maximum absolute atomic E-state index is 5.96. The zero-order chi connectivity index (χ0) is 13.1. The number of rotatable bonds is 3. The third kappa shape index (κ3) is 2.62. The molecule has 1 aromatic heterocycles. The minimum absolute atomic E-state index is 0.0718. The van der Waals surface area contributed by atoms with E-state index < -0.39 is 0 Å². The first-order valence-corrected chi connectivity index (χ1v) is 6.76. The summed E-state index contributed by atoms with van der Waals surface area (Å²) in [6.45, 7) is 2.26. The van der Waals surface area contributed by atoms with Gasteiger partial charge in [-0.25, -0.2) is 9.97 Å². The Hall–Kier alpha value is -1.08. The third-order valence-electron chi connectivity index (χ3n) is 4.19. The molecule has 0 aromatic carbocycles. The first-order valence-electron chi connectivity index (χ1n) is 6.76. The van der Waals surface area contributed by atoms with Gasteiger partial charge in [-0.05, 0) is 18.8 Å². The van der Waals surface area contributed by atoms with E-state index in [4.69, 9.17) is 15.3 Å². The van der Waals surface area contributed by atoms with Gasteiger partial charge in [0.05, 0.1) is 18.2 Å². The minimum atomic E-state index is -0.104. The molecular weight excluding hydrogens is 244 g/mol. The molecule has 3 unspecified atom stereocenters. The Morgan fingerprint density at radius 3 is 2.89 bits per heavy atom. The number of nitrogens with two attached hydrogens (primary N) is 1. The van der Waals surface area contributed by atoms with Gasteiger partial charge in [0.15, 0.2) is 0 Å². The van der Waals surface area contributed by atoms with Crippen LogP contribution in [0.4, 0.5) is 0 Å². The van der Waals surface area contributed by atoms with E-state index in [-0.39, 0.29) is 11.6 Å². The van der Waals surface area contributed by atoms with Crippen LogP contribution in [0.1, 0.15) is 30.9 Å². The lowest BCUT2D eigenvalue weighted by Gasteiger charge is -2.40. The van der Waals surface area contributed by atoms with E-state index >= 15 is 0 Å². The van der Waals surface area contributed by atoms with Crippen LogP contribution in [-0.2, 0) is 9.47 Å². The van der Waals surface area contributed by atoms with Gasteiger partial charge in [0, 0.05) is 37.6 Å². The quantitative estimate of drug-likeness (QED) is 0.613. The second kappa shape index (κ2) is 5.50. The van der Waals surface area contributed by atoms with Gasteiger partial charge >= 0.3 is 0 Å². The first kappa shape index (κ1) is 12.9. The highest BCUT2D eigenvalue weighted by molar-refractivity contribution is 5.11. The fourth-order valence-corrected chi connectivity index (χ4v) is 3.19. The fraction of sp³-hybridized carbons (Fsp3) is 0.692. The van der Waals surface area contributed by atoms with Crippen LogP contribution in [0.15, 0.2) is 18.7 Å². The summed E-state index contributed by atoms with van der Waals surface area (Å²) < 4.78 is 11.5. The molecule has 0 aliphatic carbocycles. The van der Waals surface area contributed by atoms with E-state index in [9.17, 15) is 0 Å². The number of nitrogens with zero attached hydrogens (tertiary/aromatic N) is 2. The molecule has 6 nitrogen and oxygen atoms in total. The Morgan fingerprint density at radius 2 is 2.21 bits per heavy atom. The summed E-state index contributed by atoms with van der Waals surface area (Å²) in [5.41, 5.74) is 3.85. The van der Waals surface area contributed by atoms with Crippen molar-refractivity contribution in [3.05, 3.63) is 24.3 Å². The van der Waals surface area contributed by atoms with Crippen LogP contribution in [0.5, 0.6) is 0 Å². The van der Waals surface area contributed by atoms with Crippen LogP contribution in [0.3, 0.4) is 0 Å². The molecule has 3 heterocycles. The molecule has 0 bridgehead atoms. The van der Waals surface area contributed by atoms with Crippen molar-refractivity contribution in [1.82, 2.24) is 15.4 Å². The molecule has 0 amide bonds. The molecule has 3 N–H and O–H groups in total. The van der Waals surface area contributed by atoms with Crippen LogP contribution in [0.2, 0.25) is 0 Å². The molecule has 0 radical (unpaired) electrons. The van der Waals surface area contributed by atoms with Crippen molar-refractivity contribution in [3.8, 4) is 0 Å². The predicted molar refractivity (Wildman–Crippen MR) is 68.9 cm³/mol. The Kier molecular flexibility index (Phi) is 3.74. The summed E-state index contributed by atoms with van der Waals surface area (Å²) >= 11 is 0. The Labute approximate surface area is 112 Å². The third-order valence-corrected chi connectivity index (χ3v) is 4.19. The molecule has 2 aliphatic heterocycles. The summed E-state index contributed by atoms with van der Waals surface area (Å²) in [6, 6.07) is 0.0718. The maximum Gasteiger partial charge on any atom is 0.115 e. The Morgan fingerprint density at radius 1 is 1.37 bits per heavy atom. The first-order chi connectivity index (χ1) is 9.33. The van der Waals surface area contributed by atoms with E-state index in [2.05, 4.69) is 15.4 Å². The molecule has 19 heavy (non-hydrogen) atoms. The van der Waals surface area contributed by atoms with Crippen molar-refractivity contribution >= 4 is 0 Å². The number of hydrazine groups is 1. The summed E-state index contributed by atoms with van der Waals surface area (Å²) in [6.07, 6.45) is 8.12. The van der Waals surface area contributed by atoms with Gasteiger partial charge in [-0.3, -0.25) is 11.3 Å². The van der Waals surface area contributed by atoms with Gasteiger partial charge in [0.1, 0.15) is 6.33 Å². The van der Waals surface area contributed by atoms with Gasteiger partial charge in [0.25, 0.3) is 0 Å². The molecule has 1 aromatic rings. The number of aromatic nitrogens is 2. The molecule has 6 heteroatoms. The van der Waals surface area contributed by atoms with Crippen molar-refractivity contribution in [2.24, 2.45) is 11.8 Å². The van der Waals surface area contributed by atoms with E-state index in [0.29, 0.717) is 12.5 Å². The molecule has 3 rings (SSSR count). The van der Waals surface area contributed by atoms with Gasteiger partial charge in [-0.15, -0.1) is 0 Å². The van der Waals surface area contributed by atoms with Gasteiger partial charge in [-0.2, -0.15) is 0 Å². The smallest absolute Gasteiger partial charge is 0.115 e. The van der Waals surface area contributed by atoms with Gasteiger partial charge in [0.2, 0.25) is 0 Å². The topological polar surface area (TPSA) is 82.3 Å². The molecule has 2 fully saturated rings. The molecule has 2 saturated heterocycles. The largest absolute Gasteiger partial charge is 0.378 e. The molecule has 2 aliphatic rings. The SMILES string of the molecule is NNC(c1cncnc1)C1CCOC2(CCOC2)C1. The molecule has 0 saturated carbocycles. The van der Waals surface area contributed by atoms with E-state index in [0.717, 1.165) is 38.0 Å². The second-order valence-corrected chi connectivity index (χ2v) is 5.40. The summed E-state index contributed by atoms with van der Waals surface area (Å²) in [5, 5.41) is 0. The molecule has 1 spiro atoms. The second-order valence-electron chi connectivity index (χ2n) is 5.40. The monoisotopic (exact) mass is 264 g/mol. The predicted octanol–water partition coefficient (Wildman–Crippen LogP) is 0.567. The highest BCUT2D eigenvalue weighted by Crippen LogP contribution is 2.40. The lowest BCUT2D eigenvalue weighted by molar-refractivity contribution is -0.103. The number of nitrogens with one attached hydrogen (secondary N) is 1. The summed E-state index contributed by atoms with van der Waals surface area (Å²) in [7, 11) is 0. The highest BCUT2D eigenvalue weighted by atomic mass is 16.6. The van der Waals surface area contributed by atoms with Crippen LogP contribution in [0.25, 0.3) is 0 Å². The van der Waals surface area contributed by atoms with Crippen LogP contribution in [0, 0.1) is 5.92 Å².